The minimum Gasteiger partial charge on any atom is -1.00 e. The first kappa shape index (κ1) is 23.3. The van der Waals surface area contributed by atoms with E-state index in [-0.39, 0.29) is 43.9 Å². The Morgan fingerprint density at radius 2 is 1.25 bits per heavy atom. The summed E-state index contributed by atoms with van der Waals surface area (Å²) in [5, 5.41) is 0. The lowest BCUT2D eigenvalue weighted by atomic mass is 10.1. The quantitative estimate of drug-likeness (QED) is 0.376. The summed E-state index contributed by atoms with van der Waals surface area (Å²) in [7, 11) is 0. The Balaban J connectivity index is -0.000000107. The van der Waals surface area contributed by atoms with Crippen LogP contribution in [0.2, 0.25) is 0 Å². The van der Waals surface area contributed by atoms with Crippen molar-refractivity contribution in [2.75, 3.05) is 6.54 Å². The molecule has 1 atom stereocenters. The van der Waals surface area contributed by atoms with Gasteiger partial charge in [0, 0.05) is 0 Å². The number of rotatable bonds is 6. The molecule has 0 fully saturated rings. The number of hydrogen-bond donors (Lipinski definition) is 1. The first-order valence-corrected chi connectivity index (χ1v) is 4.21. The minimum absolute atomic E-state index is 0. The third-order valence-electron chi connectivity index (χ3n) is 1.60. The van der Waals surface area contributed by atoms with Crippen LogP contribution in [0.15, 0.2) is 0 Å². The highest BCUT2D eigenvalue weighted by Gasteiger charge is 1.87. The number of hydrogen-bond acceptors (Lipinski definition) is 0. The van der Waals surface area contributed by atoms with E-state index in [2.05, 4.69) is 12.7 Å². The number of quaternary nitrogens is 1. The first-order chi connectivity index (χ1) is 4.41. The van der Waals surface area contributed by atoms with E-state index >= 15 is 0 Å². The van der Waals surface area contributed by atoms with Crippen LogP contribution in [0, 0.1) is 0 Å². The van der Waals surface area contributed by atoms with Gasteiger partial charge in [0.15, 0.2) is 0 Å². The second-order valence-corrected chi connectivity index (χ2v) is 2.62. The Bertz CT molecular complexity index is 50.3. The summed E-state index contributed by atoms with van der Waals surface area (Å²) < 4.78 is 0. The molecule has 1 nitrogen and oxygen atoms in total. The summed E-state index contributed by atoms with van der Waals surface area (Å²) >= 11 is 0. The first-order valence-electron chi connectivity index (χ1n) is 4.21. The van der Waals surface area contributed by atoms with Crippen molar-refractivity contribution < 1.29 is 39.7 Å². The van der Waals surface area contributed by atoms with Gasteiger partial charge < -0.3 is 39.7 Å². The Kier molecular flexibility index (Phi) is 44.3. The van der Waals surface area contributed by atoms with E-state index in [9.17, 15) is 0 Å². The maximum absolute atomic E-state index is 3.80. The van der Waals surface area contributed by atoms with Crippen molar-refractivity contribution in [1.82, 2.24) is 0 Å². The fraction of sp³-hybridized carbons (Fsp3) is 1.00. The Labute approximate surface area is 101 Å². The van der Waals surface area contributed by atoms with E-state index in [1.165, 1.54) is 38.5 Å². The second-order valence-electron chi connectivity index (χ2n) is 2.62. The van der Waals surface area contributed by atoms with Crippen molar-refractivity contribution in [3.05, 3.63) is 0 Å². The van der Waals surface area contributed by atoms with E-state index in [0.29, 0.717) is 0 Å². The van der Waals surface area contributed by atoms with Crippen LogP contribution in [0.3, 0.4) is 0 Å². The predicted octanol–water partition coefficient (Wildman–Crippen LogP) is -4.61. The molecule has 1 unspecified atom stereocenters. The molecule has 0 rings (SSSR count). The molecule has 0 aromatic heterocycles. The summed E-state index contributed by atoms with van der Waals surface area (Å²) in [6, 6.07) is 0. The Morgan fingerprint density at radius 1 is 0.833 bits per heavy atom. The van der Waals surface area contributed by atoms with Gasteiger partial charge in [0.05, 0.1) is 6.54 Å². The largest absolute Gasteiger partial charge is 1.00 e. The molecule has 80 valence electrons. The smallest absolute Gasteiger partial charge is 0.0739 e. The summed E-state index contributed by atoms with van der Waals surface area (Å²) in [6.45, 7) is 3.37. The van der Waals surface area contributed by atoms with Gasteiger partial charge in [0.25, 0.3) is 0 Å². The zero-order valence-corrected chi connectivity index (χ0v) is 13.6. The average molecular weight is 325 g/mol. The maximum atomic E-state index is 3.80. The molecule has 0 spiro atoms. The molecule has 0 saturated heterocycles. The van der Waals surface area contributed by atoms with E-state index in [4.69, 9.17) is 0 Å². The molecule has 0 saturated carbocycles. The molecule has 4 heteroatoms. The maximum Gasteiger partial charge on any atom is 0.0739 e. The van der Waals surface area contributed by atoms with E-state index in [1.807, 2.05) is 0 Å². The van der Waals surface area contributed by atoms with Gasteiger partial charge in [-0.25, -0.2) is 0 Å². The van der Waals surface area contributed by atoms with Gasteiger partial charge in [-0.1, -0.05) is 32.6 Å². The van der Waals surface area contributed by atoms with Crippen LogP contribution in [0.25, 0.3) is 0 Å². The molecule has 0 aromatic carbocycles. The number of halogens is 2. The topological polar surface area (TPSA) is 27.6 Å². The van der Waals surface area contributed by atoms with Crippen LogP contribution in [-0.4, -0.2) is 6.54 Å². The molecule has 12 heavy (non-hydrogen) atoms. The highest BCUT2D eigenvalue weighted by Crippen LogP contribution is 2.03. The lowest BCUT2D eigenvalue weighted by Crippen LogP contribution is -3.00. The molecule has 0 bridgehead atoms. The van der Waals surface area contributed by atoms with Crippen molar-refractivity contribution in [2.45, 2.75) is 45.4 Å². The normalized spacial score (nSPS) is 7.50. The molecular weight excluding hydrogens is 301 g/mol. The lowest BCUT2D eigenvalue weighted by molar-refractivity contribution is -0.368. The van der Waals surface area contributed by atoms with Gasteiger partial charge in [-0.05, 0) is 22.7 Å². The summed E-state index contributed by atoms with van der Waals surface area (Å²) in [5.74, 6) is 0. The van der Waals surface area contributed by atoms with Crippen LogP contribution in [0.5, 0.6) is 0 Å². The van der Waals surface area contributed by atoms with Crippen molar-refractivity contribution in [3.63, 3.8) is 0 Å². The lowest BCUT2D eigenvalue weighted by Gasteiger charge is -1.95. The summed E-state index contributed by atoms with van der Waals surface area (Å²) in [5.41, 5.74) is 3.80. The van der Waals surface area contributed by atoms with Crippen molar-refractivity contribution in [2.24, 2.45) is 0 Å². The third kappa shape index (κ3) is 22.5. The van der Waals surface area contributed by atoms with E-state index < -0.39 is 0 Å². The third-order valence-corrected chi connectivity index (χ3v) is 1.60. The Hall–Kier alpha value is 1.35. The van der Waals surface area contributed by atoms with Crippen LogP contribution in [0.4, 0.5) is 0 Å². The van der Waals surface area contributed by atoms with Crippen LogP contribution < -0.4 is 39.7 Å². The van der Waals surface area contributed by atoms with Gasteiger partial charge in [-0.2, -0.15) is 0 Å². The van der Waals surface area contributed by atoms with Crippen LogP contribution in [0.1, 0.15) is 45.4 Å². The van der Waals surface area contributed by atoms with Gasteiger partial charge >= 0.3 is 0 Å². The minimum atomic E-state index is 0. The van der Waals surface area contributed by atoms with Crippen molar-refractivity contribution in [3.8, 4) is 0 Å². The standard InChI is InChI=1S/C8H19N.2BrH.H3P/c1-2-3-4-5-6-7-8-9;;;/h2-9H2,1H3;2*1H;1H3. The van der Waals surface area contributed by atoms with Crippen LogP contribution >= 0.6 is 9.90 Å². The SMILES string of the molecule is CCCCCCCC[NH3+].[Br-].[Br-].[PH4+]. The molecule has 0 aliphatic heterocycles. The zero-order valence-electron chi connectivity index (χ0n) is 8.41. The molecular formula is C8H24Br2NP. The summed E-state index contributed by atoms with van der Waals surface area (Å²) in [4.78, 5) is 0. The predicted molar refractivity (Wildman–Crippen MR) is 53.6 cm³/mol. The van der Waals surface area contributed by atoms with E-state index in [0.717, 1.165) is 6.54 Å². The second kappa shape index (κ2) is 22.8. The molecule has 0 heterocycles. The molecule has 0 amide bonds. The fourth-order valence-corrected chi connectivity index (χ4v) is 0.957. The molecule has 3 N–H and O–H groups in total. The summed E-state index contributed by atoms with van der Waals surface area (Å²) in [6.07, 6.45) is 8.33. The van der Waals surface area contributed by atoms with Gasteiger partial charge in [-0.3, -0.25) is 0 Å². The fourth-order valence-electron chi connectivity index (χ4n) is 0.957. The Morgan fingerprint density at radius 3 is 1.67 bits per heavy atom. The molecule has 0 radical (unpaired) electrons. The van der Waals surface area contributed by atoms with Crippen molar-refractivity contribution >= 4 is 9.90 Å². The number of unbranched alkanes of at least 4 members (excludes halogenated alkanes) is 5. The average Bonchev–Trinajstić information content (AvgIpc) is 1.89. The highest BCUT2D eigenvalue weighted by atomic mass is 79.9. The van der Waals surface area contributed by atoms with Gasteiger partial charge in [0.2, 0.25) is 0 Å². The highest BCUT2D eigenvalue weighted by molar-refractivity contribution is 6.92. The zero-order chi connectivity index (χ0) is 6.95. The van der Waals surface area contributed by atoms with Gasteiger partial charge in [0.1, 0.15) is 0 Å². The van der Waals surface area contributed by atoms with Gasteiger partial charge in [-0.15, -0.1) is 0 Å². The van der Waals surface area contributed by atoms with Crippen LogP contribution in [-0.2, 0) is 0 Å². The monoisotopic (exact) mass is 323 g/mol. The van der Waals surface area contributed by atoms with E-state index in [1.54, 1.807) is 0 Å². The molecule has 0 aliphatic carbocycles. The molecule has 0 aromatic rings. The molecule has 0 aliphatic rings. The van der Waals surface area contributed by atoms with Crippen molar-refractivity contribution in [1.29, 1.82) is 0 Å².